The number of benzene rings is 1. The Hall–Kier alpha value is -2.22. The van der Waals surface area contributed by atoms with Crippen molar-refractivity contribution in [1.82, 2.24) is 10.2 Å². The Bertz CT molecular complexity index is 674. The van der Waals surface area contributed by atoms with Crippen LogP contribution in [0.5, 0.6) is 0 Å². The SMILES string of the molecule is O=C(NC(CO)(CO)CO)C1=CCC2C=Nc3ccccc3CN12. The zero-order valence-electron chi connectivity index (χ0n) is 13.2. The Morgan fingerprint density at radius 2 is 1.96 bits per heavy atom. The number of fused-ring (bicyclic) bond motifs is 2. The summed E-state index contributed by atoms with van der Waals surface area (Å²) in [5, 5.41) is 30.7. The van der Waals surface area contributed by atoms with Gasteiger partial charge >= 0.3 is 0 Å². The lowest BCUT2D eigenvalue weighted by Gasteiger charge is -2.31. The number of aliphatic imine (C=N–C) groups is 1. The monoisotopic (exact) mass is 331 g/mol. The van der Waals surface area contributed by atoms with E-state index in [4.69, 9.17) is 0 Å². The van der Waals surface area contributed by atoms with Crippen molar-refractivity contribution in [2.75, 3.05) is 19.8 Å². The summed E-state index contributed by atoms with van der Waals surface area (Å²) in [4.78, 5) is 19.1. The highest BCUT2D eigenvalue weighted by molar-refractivity contribution is 5.95. The molecule has 2 aliphatic heterocycles. The van der Waals surface area contributed by atoms with Crippen molar-refractivity contribution >= 4 is 17.8 Å². The average molecular weight is 331 g/mol. The van der Waals surface area contributed by atoms with E-state index in [0.29, 0.717) is 18.7 Å². The lowest BCUT2D eigenvalue weighted by atomic mass is 10.0. The maximum atomic E-state index is 12.6. The molecular formula is C17H21N3O4. The quantitative estimate of drug-likeness (QED) is 0.592. The van der Waals surface area contributed by atoms with Crippen molar-refractivity contribution in [1.29, 1.82) is 0 Å². The van der Waals surface area contributed by atoms with Crippen LogP contribution in [-0.4, -0.2) is 63.7 Å². The molecule has 24 heavy (non-hydrogen) atoms. The van der Waals surface area contributed by atoms with Crippen LogP contribution in [0.15, 0.2) is 41.0 Å². The van der Waals surface area contributed by atoms with E-state index < -0.39 is 31.3 Å². The van der Waals surface area contributed by atoms with E-state index in [1.54, 1.807) is 0 Å². The number of carbonyl (C=O) groups is 1. The van der Waals surface area contributed by atoms with Gasteiger partial charge in [0.25, 0.3) is 5.91 Å². The minimum absolute atomic E-state index is 0.00932. The van der Waals surface area contributed by atoms with Gasteiger partial charge in [0.2, 0.25) is 0 Å². The summed E-state index contributed by atoms with van der Waals surface area (Å²) in [7, 11) is 0. The van der Waals surface area contributed by atoms with Crippen molar-refractivity contribution in [2.45, 2.75) is 24.5 Å². The molecule has 0 spiro atoms. The molecule has 7 nitrogen and oxygen atoms in total. The van der Waals surface area contributed by atoms with Crippen LogP contribution in [0.3, 0.4) is 0 Å². The third-order valence-electron chi connectivity index (χ3n) is 4.50. The van der Waals surface area contributed by atoms with Gasteiger partial charge in [0.15, 0.2) is 0 Å². The number of para-hydroxylation sites is 1. The molecule has 0 aliphatic carbocycles. The number of carbonyl (C=O) groups excluding carboxylic acids is 1. The second-order valence-electron chi connectivity index (χ2n) is 6.14. The number of nitrogens with zero attached hydrogens (tertiary/aromatic N) is 2. The van der Waals surface area contributed by atoms with Crippen LogP contribution >= 0.6 is 0 Å². The number of rotatable bonds is 5. The normalized spacial score (nSPS) is 19.4. The molecule has 0 aromatic heterocycles. The van der Waals surface area contributed by atoms with Gasteiger partial charge in [-0.1, -0.05) is 24.3 Å². The summed E-state index contributed by atoms with van der Waals surface area (Å²) >= 11 is 0. The Labute approximate surface area is 139 Å². The molecule has 7 heteroatoms. The molecule has 1 atom stereocenters. The van der Waals surface area contributed by atoms with Gasteiger partial charge in [-0.05, 0) is 18.1 Å². The molecule has 0 saturated heterocycles. The van der Waals surface area contributed by atoms with Crippen molar-refractivity contribution in [3.63, 3.8) is 0 Å². The minimum Gasteiger partial charge on any atom is -0.394 e. The van der Waals surface area contributed by atoms with E-state index >= 15 is 0 Å². The van der Waals surface area contributed by atoms with Crippen LogP contribution in [0.4, 0.5) is 5.69 Å². The number of aliphatic hydroxyl groups excluding tert-OH is 3. The van der Waals surface area contributed by atoms with E-state index in [2.05, 4.69) is 10.3 Å². The summed E-state index contributed by atoms with van der Waals surface area (Å²) in [5.41, 5.74) is 0.938. The van der Waals surface area contributed by atoms with Gasteiger partial charge in [-0.3, -0.25) is 9.79 Å². The van der Waals surface area contributed by atoms with Gasteiger partial charge in [-0.25, -0.2) is 0 Å². The number of amides is 1. The summed E-state index contributed by atoms with van der Waals surface area (Å²) in [6, 6.07) is 7.76. The highest BCUT2D eigenvalue weighted by Gasteiger charge is 2.36. The largest absolute Gasteiger partial charge is 0.394 e. The smallest absolute Gasteiger partial charge is 0.267 e. The Balaban J connectivity index is 1.81. The Morgan fingerprint density at radius 3 is 2.67 bits per heavy atom. The molecule has 1 aromatic carbocycles. The van der Waals surface area contributed by atoms with Gasteiger partial charge in [-0.2, -0.15) is 0 Å². The minimum atomic E-state index is -1.44. The predicted molar refractivity (Wildman–Crippen MR) is 88.8 cm³/mol. The van der Waals surface area contributed by atoms with Gasteiger partial charge < -0.3 is 25.5 Å². The predicted octanol–water partition coefficient (Wildman–Crippen LogP) is -0.307. The number of hydrogen-bond donors (Lipinski definition) is 4. The molecule has 0 fully saturated rings. The van der Waals surface area contributed by atoms with Crippen molar-refractivity contribution in [3.8, 4) is 0 Å². The first-order valence-corrected chi connectivity index (χ1v) is 7.86. The number of aliphatic hydroxyl groups is 3. The van der Waals surface area contributed by atoms with E-state index in [-0.39, 0.29) is 6.04 Å². The summed E-state index contributed by atoms with van der Waals surface area (Å²) < 4.78 is 0. The molecule has 2 aliphatic rings. The maximum Gasteiger partial charge on any atom is 0.267 e. The molecule has 1 unspecified atom stereocenters. The van der Waals surface area contributed by atoms with Crippen LogP contribution in [0.1, 0.15) is 12.0 Å². The maximum absolute atomic E-state index is 12.6. The fourth-order valence-corrected chi connectivity index (χ4v) is 2.92. The van der Waals surface area contributed by atoms with E-state index in [1.165, 1.54) is 0 Å². The van der Waals surface area contributed by atoms with Crippen LogP contribution in [0.2, 0.25) is 0 Å². The standard InChI is InChI=1S/C17H21N3O4/c21-9-17(10-22,11-23)19-16(24)15-6-5-13-7-18-14-4-2-1-3-12(14)8-20(13)15/h1-4,6-7,13,21-23H,5,8-11H2,(H,19,24). The molecule has 2 heterocycles. The fourth-order valence-electron chi connectivity index (χ4n) is 2.92. The topological polar surface area (TPSA) is 105 Å². The third kappa shape index (κ3) is 2.93. The number of hydrogen-bond acceptors (Lipinski definition) is 6. The molecule has 1 amide bonds. The molecular weight excluding hydrogens is 310 g/mol. The van der Waals surface area contributed by atoms with E-state index in [0.717, 1.165) is 11.3 Å². The average Bonchev–Trinajstić information content (AvgIpc) is 2.92. The van der Waals surface area contributed by atoms with Gasteiger partial charge in [0.1, 0.15) is 5.54 Å². The summed E-state index contributed by atoms with van der Waals surface area (Å²) in [6.07, 6.45) is 4.31. The van der Waals surface area contributed by atoms with Gasteiger partial charge in [0.05, 0.1) is 37.2 Å². The van der Waals surface area contributed by atoms with Crippen LogP contribution in [-0.2, 0) is 11.3 Å². The summed E-state index contributed by atoms with van der Waals surface area (Å²) in [5.74, 6) is -0.428. The molecule has 128 valence electrons. The Kier molecular flexibility index (Phi) is 4.66. The highest BCUT2D eigenvalue weighted by atomic mass is 16.3. The van der Waals surface area contributed by atoms with Crippen molar-refractivity contribution < 1.29 is 20.1 Å². The van der Waals surface area contributed by atoms with Crippen molar-refractivity contribution in [2.24, 2.45) is 4.99 Å². The second-order valence-corrected chi connectivity index (χ2v) is 6.14. The van der Waals surface area contributed by atoms with Crippen molar-refractivity contribution in [3.05, 3.63) is 41.6 Å². The van der Waals surface area contributed by atoms with E-state index in [9.17, 15) is 20.1 Å². The molecule has 0 saturated carbocycles. The first kappa shape index (κ1) is 16.6. The summed E-state index contributed by atoms with van der Waals surface area (Å²) in [6.45, 7) is -1.10. The molecule has 4 N–H and O–H groups in total. The molecule has 3 rings (SSSR count). The zero-order chi connectivity index (χ0) is 17.2. The van der Waals surface area contributed by atoms with Crippen LogP contribution in [0, 0.1) is 0 Å². The van der Waals surface area contributed by atoms with E-state index in [1.807, 2.05) is 41.5 Å². The van der Waals surface area contributed by atoms with Gasteiger partial charge in [0, 0.05) is 12.8 Å². The van der Waals surface area contributed by atoms with Gasteiger partial charge in [-0.15, -0.1) is 0 Å². The third-order valence-corrected chi connectivity index (χ3v) is 4.50. The molecule has 0 bridgehead atoms. The lowest BCUT2D eigenvalue weighted by Crippen LogP contribution is -2.58. The van der Waals surface area contributed by atoms with Crippen LogP contribution < -0.4 is 5.32 Å². The Morgan fingerprint density at radius 1 is 1.25 bits per heavy atom. The highest BCUT2D eigenvalue weighted by Crippen LogP contribution is 2.31. The number of nitrogens with one attached hydrogen (secondary N) is 1. The molecule has 0 radical (unpaired) electrons. The first-order valence-electron chi connectivity index (χ1n) is 7.86. The second kappa shape index (κ2) is 6.72. The zero-order valence-corrected chi connectivity index (χ0v) is 13.2. The lowest BCUT2D eigenvalue weighted by molar-refractivity contribution is -0.123. The molecule has 1 aromatic rings. The van der Waals surface area contributed by atoms with Crippen LogP contribution in [0.25, 0.3) is 0 Å². The fraction of sp³-hybridized carbons (Fsp3) is 0.412. The first-order chi connectivity index (χ1) is 11.6.